The van der Waals surface area contributed by atoms with Crippen molar-refractivity contribution in [1.82, 2.24) is 14.9 Å². The lowest BCUT2D eigenvalue weighted by Crippen LogP contribution is -2.42. The molecule has 1 heterocycles. The molecule has 2 saturated carbocycles. The molecule has 3 heteroatoms. The van der Waals surface area contributed by atoms with Crippen LogP contribution in [0.5, 0.6) is 0 Å². The van der Waals surface area contributed by atoms with Gasteiger partial charge in [0.25, 0.3) is 0 Å². The van der Waals surface area contributed by atoms with Gasteiger partial charge in [0.2, 0.25) is 0 Å². The maximum Gasteiger partial charge on any atom is 0.0949 e. The van der Waals surface area contributed by atoms with Crippen LogP contribution in [-0.2, 0) is 0 Å². The summed E-state index contributed by atoms with van der Waals surface area (Å²) < 4.78 is 2.31. The highest BCUT2D eigenvalue weighted by atomic mass is 15.1. The molecule has 1 aromatic heterocycles. The predicted octanol–water partition coefficient (Wildman–Crippen LogP) is 3.93. The van der Waals surface area contributed by atoms with Crippen LogP contribution in [0.15, 0.2) is 18.7 Å². The fraction of sp³-hybridized carbons (Fsp3) is 0.824. The number of nitrogens with one attached hydrogen (secondary N) is 1. The van der Waals surface area contributed by atoms with Gasteiger partial charge in [-0.2, -0.15) is 0 Å². The Balaban J connectivity index is 1.51. The van der Waals surface area contributed by atoms with Crippen LogP contribution in [-0.4, -0.2) is 21.6 Å². The summed E-state index contributed by atoms with van der Waals surface area (Å²) >= 11 is 0. The molecule has 2 aliphatic carbocycles. The van der Waals surface area contributed by atoms with Crippen LogP contribution in [0.25, 0.3) is 0 Å². The quantitative estimate of drug-likeness (QED) is 0.882. The molecule has 0 amide bonds. The van der Waals surface area contributed by atoms with Crippen LogP contribution >= 0.6 is 0 Å². The van der Waals surface area contributed by atoms with E-state index < -0.39 is 0 Å². The zero-order valence-electron chi connectivity index (χ0n) is 12.8. The minimum Gasteiger partial charge on any atom is -0.333 e. The van der Waals surface area contributed by atoms with E-state index in [9.17, 15) is 0 Å². The zero-order valence-corrected chi connectivity index (χ0v) is 12.8. The first kappa shape index (κ1) is 14.1. The Morgan fingerprint density at radius 2 is 2.00 bits per heavy atom. The van der Waals surface area contributed by atoms with Gasteiger partial charge < -0.3 is 9.88 Å². The van der Waals surface area contributed by atoms with Gasteiger partial charge in [-0.1, -0.05) is 19.8 Å². The van der Waals surface area contributed by atoms with Gasteiger partial charge in [-0.3, -0.25) is 0 Å². The monoisotopic (exact) mass is 275 g/mol. The average molecular weight is 275 g/mol. The van der Waals surface area contributed by atoms with Gasteiger partial charge in [-0.05, 0) is 50.9 Å². The first-order valence-corrected chi connectivity index (χ1v) is 8.60. The van der Waals surface area contributed by atoms with Crippen LogP contribution in [0, 0.1) is 5.92 Å². The lowest BCUT2D eigenvalue weighted by Gasteiger charge is -2.33. The largest absolute Gasteiger partial charge is 0.333 e. The maximum absolute atomic E-state index is 4.21. The van der Waals surface area contributed by atoms with Crippen LogP contribution < -0.4 is 5.32 Å². The van der Waals surface area contributed by atoms with Gasteiger partial charge >= 0.3 is 0 Å². The van der Waals surface area contributed by atoms with E-state index >= 15 is 0 Å². The van der Waals surface area contributed by atoms with E-state index in [4.69, 9.17) is 0 Å². The molecule has 20 heavy (non-hydrogen) atoms. The molecule has 3 nitrogen and oxygen atoms in total. The fourth-order valence-corrected chi connectivity index (χ4v) is 4.29. The van der Waals surface area contributed by atoms with Gasteiger partial charge in [0.15, 0.2) is 0 Å². The smallest absolute Gasteiger partial charge is 0.0949 e. The molecule has 3 rings (SSSR count). The molecular formula is C17H29N3. The van der Waals surface area contributed by atoms with E-state index in [0.29, 0.717) is 12.1 Å². The van der Waals surface area contributed by atoms with Gasteiger partial charge in [-0.25, -0.2) is 4.98 Å². The van der Waals surface area contributed by atoms with Crippen molar-refractivity contribution in [2.75, 3.05) is 0 Å². The molecule has 1 aromatic rings. The van der Waals surface area contributed by atoms with Gasteiger partial charge in [-0.15, -0.1) is 0 Å². The fourth-order valence-electron chi connectivity index (χ4n) is 4.29. The summed E-state index contributed by atoms with van der Waals surface area (Å²) in [5.41, 5.74) is 0. The highest BCUT2D eigenvalue weighted by Crippen LogP contribution is 2.33. The molecule has 0 aliphatic heterocycles. The number of hydrogen-bond acceptors (Lipinski definition) is 2. The molecule has 0 bridgehead atoms. The molecule has 0 spiro atoms. The Labute approximate surface area is 123 Å². The molecule has 0 radical (unpaired) electrons. The topological polar surface area (TPSA) is 29.9 Å². The summed E-state index contributed by atoms with van der Waals surface area (Å²) in [5.74, 6) is 1.01. The Hall–Kier alpha value is -0.830. The Morgan fingerprint density at radius 1 is 1.15 bits per heavy atom. The molecule has 2 aliphatic rings. The standard InChI is InChI=1S/C17H29N3/c1-2-4-14-7-9-15(10-8-14)19-16-5-3-6-17(16)20-12-11-18-13-20/h11-17,19H,2-10H2,1H3. The number of imidazole rings is 1. The second-order valence-electron chi connectivity index (χ2n) is 6.79. The normalized spacial score (nSPS) is 34.5. The Bertz CT molecular complexity index is 379. The molecule has 2 atom stereocenters. The first-order chi connectivity index (χ1) is 9.86. The van der Waals surface area contributed by atoms with Crippen LogP contribution in [0.2, 0.25) is 0 Å². The van der Waals surface area contributed by atoms with E-state index in [1.807, 2.05) is 12.5 Å². The molecule has 2 fully saturated rings. The SMILES string of the molecule is CCCC1CCC(NC2CCCC2n2ccnc2)CC1. The van der Waals surface area contributed by atoms with E-state index in [2.05, 4.69) is 28.0 Å². The second kappa shape index (κ2) is 6.75. The third-order valence-corrected chi connectivity index (χ3v) is 5.38. The summed E-state index contributed by atoms with van der Waals surface area (Å²) in [6.07, 6.45) is 18.5. The molecule has 2 unspecified atom stereocenters. The van der Waals surface area contributed by atoms with E-state index in [0.717, 1.165) is 12.0 Å². The van der Waals surface area contributed by atoms with Gasteiger partial charge in [0.05, 0.1) is 6.33 Å². The first-order valence-electron chi connectivity index (χ1n) is 8.60. The highest BCUT2D eigenvalue weighted by Gasteiger charge is 2.31. The van der Waals surface area contributed by atoms with Crippen molar-refractivity contribution >= 4 is 0 Å². The molecular weight excluding hydrogens is 246 g/mol. The lowest BCUT2D eigenvalue weighted by molar-refractivity contribution is 0.247. The molecule has 1 N–H and O–H groups in total. The van der Waals surface area contributed by atoms with E-state index in [1.165, 1.54) is 57.8 Å². The van der Waals surface area contributed by atoms with Crippen LogP contribution in [0.3, 0.4) is 0 Å². The number of hydrogen-bond donors (Lipinski definition) is 1. The van der Waals surface area contributed by atoms with Crippen LogP contribution in [0.1, 0.15) is 70.8 Å². The van der Waals surface area contributed by atoms with Crippen LogP contribution in [0.4, 0.5) is 0 Å². The third kappa shape index (κ3) is 3.25. The average Bonchev–Trinajstić information content (AvgIpc) is 3.12. The summed E-state index contributed by atoms with van der Waals surface area (Å²) in [6, 6.07) is 2.06. The molecule has 112 valence electrons. The zero-order chi connectivity index (χ0) is 13.8. The van der Waals surface area contributed by atoms with Crippen molar-refractivity contribution in [1.29, 1.82) is 0 Å². The number of aromatic nitrogens is 2. The van der Waals surface area contributed by atoms with Crippen molar-refractivity contribution in [3.8, 4) is 0 Å². The summed E-state index contributed by atoms with van der Waals surface area (Å²) in [7, 11) is 0. The number of rotatable bonds is 5. The summed E-state index contributed by atoms with van der Waals surface area (Å²) in [4.78, 5) is 4.21. The Kier molecular flexibility index (Phi) is 4.77. The minimum absolute atomic E-state index is 0.630. The summed E-state index contributed by atoms with van der Waals surface area (Å²) in [6.45, 7) is 2.32. The third-order valence-electron chi connectivity index (χ3n) is 5.38. The van der Waals surface area contributed by atoms with Crippen molar-refractivity contribution in [2.45, 2.75) is 82.8 Å². The summed E-state index contributed by atoms with van der Waals surface area (Å²) in [5, 5.41) is 3.97. The maximum atomic E-state index is 4.21. The van der Waals surface area contributed by atoms with Gasteiger partial charge in [0.1, 0.15) is 0 Å². The van der Waals surface area contributed by atoms with Crippen molar-refractivity contribution in [2.24, 2.45) is 5.92 Å². The molecule has 0 aromatic carbocycles. The second-order valence-corrected chi connectivity index (χ2v) is 6.79. The lowest BCUT2D eigenvalue weighted by atomic mass is 9.83. The van der Waals surface area contributed by atoms with Crippen molar-refractivity contribution in [3.63, 3.8) is 0 Å². The minimum atomic E-state index is 0.630. The molecule has 0 saturated heterocycles. The number of nitrogens with zero attached hydrogens (tertiary/aromatic N) is 2. The van der Waals surface area contributed by atoms with Gasteiger partial charge in [0, 0.05) is 30.5 Å². The highest BCUT2D eigenvalue weighted by molar-refractivity contribution is 4.93. The Morgan fingerprint density at radius 3 is 2.70 bits per heavy atom. The predicted molar refractivity (Wildman–Crippen MR) is 82.7 cm³/mol. The van der Waals surface area contributed by atoms with E-state index in [-0.39, 0.29) is 0 Å². The van der Waals surface area contributed by atoms with Crippen molar-refractivity contribution in [3.05, 3.63) is 18.7 Å². The van der Waals surface area contributed by atoms with E-state index in [1.54, 1.807) is 0 Å². The van der Waals surface area contributed by atoms with Crippen molar-refractivity contribution < 1.29 is 0 Å².